The lowest BCUT2D eigenvalue weighted by Crippen LogP contribution is -2.46. The molecule has 0 aromatic carbocycles. The zero-order valence-electron chi connectivity index (χ0n) is 10.6. The van der Waals surface area contributed by atoms with E-state index in [4.69, 9.17) is 0 Å². The van der Waals surface area contributed by atoms with Crippen LogP contribution in [0.4, 0.5) is 0 Å². The normalized spacial score (nSPS) is 28.4. The second-order valence-corrected chi connectivity index (χ2v) is 5.25. The third-order valence-corrected chi connectivity index (χ3v) is 3.83. The highest BCUT2D eigenvalue weighted by Gasteiger charge is 2.20. The smallest absolute Gasteiger partial charge is 0.0252 e. The Balaban J connectivity index is 1.68. The van der Waals surface area contributed by atoms with Crippen LogP contribution in [0.5, 0.6) is 0 Å². The van der Waals surface area contributed by atoms with Gasteiger partial charge in [-0.2, -0.15) is 0 Å². The molecule has 0 radical (unpaired) electrons. The van der Waals surface area contributed by atoms with Crippen LogP contribution in [0.3, 0.4) is 0 Å². The molecular formula is C14H26N2. The molecule has 0 bridgehead atoms. The van der Waals surface area contributed by atoms with Crippen molar-refractivity contribution in [3.63, 3.8) is 0 Å². The molecule has 0 aromatic rings. The molecule has 1 aliphatic carbocycles. The predicted molar refractivity (Wildman–Crippen MR) is 69.7 cm³/mol. The quantitative estimate of drug-likeness (QED) is 0.735. The topological polar surface area (TPSA) is 15.3 Å². The summed E-state index contributed by atoms with van der Waals surface area (Å²) in [5.74, 6) is 0. The van der Waals surface area contributed by atoms with Gasteiger partial charge in [0.1, 0.15) is 0 Å². The standard InChI is InChI=1S/C14H26N2/c1-2-10-16-11-8-14(9-12-16)15-13-6-4-3-5-7-13/h4,6,13-15H,2-3,5,7-12H2,1H3. The first-order valence-electron chi connectivity index (χ1n) is 7.03. The fraction of sp³-hybridized carbons (Fsp3) is 0.857. The SMILES string of the molecule is CCCN1CCC(NC2C=CCCC2)CC1. The Morgan fingerprint density at radius 3 is 2.69 bits per heavy atom. The van der Waals surface area contributed by atoms with E-state index in [1.54, 1.807) is 0 Å². The lowest BCUT2D eigenvalue weighted by atomic mass is 9.99. The molecule has 0 amide bonds. The van der Waals surface area contributed by atoms with Crippen LogP contribution in [0.25, 0.3) is 0 Å². The Hall–Kier alpha value is -0.340. The Bertz CT molecular complexity index is 217. The number of hydrogen-bond acceptors (Lipinski definition) is 2. The Kier molecular flexibility index (Phi) is 4.86. The molecule has 1 saturated heterocycles. The summed E-state index contributed by atoms with van der Waals surface area (Å²) in [4.78, 5) is 2.61. The number of likely N-dealkylation sites (tertiary alicyclic amines) is 1. The number of allylic oxidation sites excluding steroid dienone is 1. The van der Waals surface area contributed by atoms with Crippen molar-refractivity contribution < 1.29 is 0 Å². The van der Waals surface area contributed by atoms with E-state index in [1.165, 1.54) is 58.2 Å². The Morgan fingerprint density at radius 2 is 2.06 bits per heavy atom. The fourth-order valence-corrected chi connectivity index (χ4v) is 2.89. The third-order valence-electron chi connectivity index (χ3n) is 3.83. The highest BCUT2D eigenvalue weighted by Crippen LogP contribution is 2.15. The van der Waals surface area contributed by atoms with E-state index in [2.05, 4.69) is 29.3 Å². The van der Waals surface area contributed by atoms with Gasteiger partial charge in [-0.3, -0.25) is 0 Å². The Labute approximate surface area is 100 Å². The molecule has 2 aliphatic rings. The lowest BCUT2D eigenvalue weighted by molar-refractivity contribution is 0.193. The van der Waals surface area contributed by atoms with E-state index >= 15 is 0 Å². The molecule has 2 rings (SSSR count). The average Bonchev–Trinajstić information content (AvgIpc) is 2.33. The van der Waals surface area contributed by atoms with Crippen molar-refractivity contribution in [3.05, 3.63) is 12.2 Å². The minimum absolute atomic E-state index is 0.663. The first kappa shape index (κ1) is 12.1. The van der Waals surface area contributed by atoms with Gasteiger partial charge in [0.15, 0.2) is 0 Å². The van der Waals surface area contributed by atoms with Crippen LogP contribution in [0, 0.1) is 0 Å². The minimum Gasteiger partial charge on any atom is -0.308 e. The zero-order valence-corrected chi connectivity index (χ0v) is 10.6. The maximum atomic E-state index is 3.81. The Morgan fingerprint density at radius 1 is 1.25 bits per heavy atom. The molecule has 1 atom stereocenters. The van der Waals surface area contributed by atoms with Gasteiger partial charge in [-0.15, -0.1) is 0 Å². The highest BCUT2D eigenvalue weighted by atomic mass is 15.1. The molecule has 0 aromatic heterocycles. The van der Waals surface area contributed by atoms with E-state index in [-0.39, 0.29) is 0 Å². The van der Waals surface area contributed by atoms with Crippen LogP contribution in [-0.2, 0) is 0 Å². The van der Waals surface area contributed by atoms with Crippen molar-refractivity contribution >= 4 is 0 Å². The molecule has 0 spiro atoms. The molecule has 0 saturated carbocycles. The van der Waals surface area contributed by atoms with Gasteiger partial charge >= 0.3 is 0 Å². The summed E-state index contributed by atoms with van der Waals surface area (Å²) >= 11 is 0. The fourth-order valence-electron chi connectivity index (χ4n) is 2.89. The van der Waals surface area contributed by atoms with Crippen LogP contribution in [0.2, 0.25) is 0 Å². The highest BCUT2D eigenvalue weighted by molar-refractivity contribution is 4.99. The summed E-state index contributed by atoms with van der Waals surface area (Å²) in [6.07, 6.45) is 12.7. The number of nitrogens with one attached hydrogen (secondary N) is 1. The van der Waals surface area contributed by atoms with Crippen molar-refractivity contribution in [1.29, 1.82) is 0 Å². The molecule has 1 N–H and O–H groups in total. The molecule has 2 nitrogen and oxygen atoms in total. The third kappa shape index (κ3) is 3.60. The molecule has 2 heteroatoms. The molecule has 1 heterocycles. The molecule has 16 heavy (non-hydrogen) atoms. The summed E-state index contributed by atoms with van der Waals surface area (Å²) in [5, 5.41) is 3.81. The minimum atomic E-state index is 0.663. The van der Waals surface area contributed by atoms with Crippen molar-refractivity contribution in [2.24, 2.45) is 0 Å². The number of rotatable bonds is 4. The van der Waals surface area contributed by atoms with Crippen LogP contribution in [0.15, 0.2) is 12.2 Å². The zero-order chi connectivity index (χ0) is 11.2. The van der Waals surface area contributed by atoms with E-state index < -0.39 is 0 Å². The first-order chi connectivity index (χ1) is 7.88. The second-order valence-electron chi connectivity index (χ2n) is 5.25. The van der Waals surface area contributed by atoms with Crippen LogP contribution in [0.1, 0.15) is 45.4 Å². The van der Waals surface area contributed by atoms with Gasteiger partial charge in [-0.05, 0) is 58.2 Å². The van der Waals surface area contributed by atoms with Gasteiger partial charge in [0, 0.05) is 12.1 Å². The summed E-state index contributed by atoms with van der Waals surface area (Å²) < 4.78 is 0. The monoisotopic (exact) mass is 222 g/mol. The number of nitrogens with zero attached hydrogens (tertiary/aromatic N) is 1. The summed E-state index contributed by atoms with van der Waals surface area (Å²) in [6.45, 7) is 6.15. The number of piperidine rings is 1. The summed E-state index contributed by atoms with van der Waals surface area (Å²) in [5.41, 5.74) is 0. The predicted octanol–water partition coefficient (Wildman–Crippen LogP) is 2.56. The van der Waals surface area contributed by atoms with E-state index in [0.717, 1.165) is 6.04 Å². The summed E-state index contributed by atoms with van der Waals surface area (Å²) in [7, 11) is 0. The van der Waals surface area contributed by atoms with E-state index in [9.17, 15) is 0 Å². The van der Waals surface area contributed by atoms with Crippen LogP contribution < -0.4 is 5.32 Å². The van der Waals surface area contributed by atoms with Crippen LogP contribution >= 0.6 is 0 Å². The van der Waals surface area contributed by atoms with Crippen molar-refractivity contribution in [1.82, 2.24) is 10.2 Å². The maximum Gasteiger partial charge on any atom is 0.0252 e. The maximum absolute atomic E-state index is 3.81. The van der Waals surface area contributed by atoms with Gasteiger partial charge < -0.3 is 10.2 Å². The second kappa shape index (κ2) is 6.41. The van der Waals surface area contributed by atoms with E-state index in [1.807, 2.05) is 0 Å². The van der Waals surface area contributed by atoms with E-state index in [0.29, 0.717) is 6.04 Å². The van der Waals surface area contributed by atoms with Crippen molar-refractivity contribution in [2.45, 2.75) is 57.5 Å². The van der Waals surface area contributed by atoms with Gasteiger partial charge in [-0.25, -0.2) is 0 Å². The number of hydrogen-bond donors (Lipinski definition) is 1. The molecular weight excluding hydrogens is 196 g/mol. The first-order valence-corrected chi connectivity index (χ1v) is 7.03. The van der Waals surface area contributed by atoms with Gasteiger partial charge in [0.2, 0.25) is 0 Å². The van der Waals surface area contributed by atoms with Crippen molar-refractivity contribution in [3.8, 4) is 0 Å². The average molecular weight is 222 g/mol. The lowest BCUT2D eigenvalue weighted by Gasteiger charge is -2.34. The molecule has 1 unspecified atom stereocenters. The largest absolute Gasteiger partial charge is 0.308 e. The van der Waals surface area contributed by atoms with Gasteiger partial charge in [0.25, 0.3) is 0 Å². The van der Waals surface area contributed by atoms with Crippen molar-refractivity contribution in [2.75, 3.05) is 19.6 Å². The van der Waals surface area contributed by atoms with Gasteiger partial charge in [0.05, 0.1) is 0 Å². The molecule has 1 aliphatic heterocycles. The van der Waals surface area contributed by atoms with Gasteiger partial charge in [-0.1, -0.05) is 19.1 Å². The molecule has 92 valence electrons. The molecule has 1 fully saturated rings. The summed E-state index contributed by atoms with van der Waals surface area (Å²) in [6, 6.07) is 1.43. The van der Waals surface area contributed by atoms with Crippen LogP contribution in [-0.4, -0.2) is 36.6 Å².